The number of carbonyl (C=O) groups excluding carboxylic acids is 2. The second-order valence-corrected chi connectivity index (χ2v) is 3.27. The van der Waals surface area contributed by atoms with E-state index in [2.05, 4.69) is 9.72 Å². The summed E-state index contributed by atoms with van der Waals surface area (Å²) in [7, 11) is 0. The van der Waals surface area contributed by atoms with Crippen molar-refractivity contribution in [2.75, 3.05) is 6.61 Å². The predicted octanol–water partition coefficient (Wildman–Crippen LogP) is -0.388. The van der Waals surface area contributed by atoms with E-state index in [4.69, 9.17) is 0 Å². The Kier molecular flexibility index (Phi) is 3.58. The summed E-state index contributed by atoms with van der Waals surface area (Å²) in [5.74, 6) is -1.74. The number of hydrogen-bond acceptors (Lipinski definition) is 6. The van der Waals surface area contributed by atoms with Gasteiger partial charge in [0.05, 0.1) is 18.7 Å². The maximum Gasteiger partial charge on any atom is 0.311 e. The minimum atomic E-state index is -1.33. The second-order valence-electron chi connectivity index (χ2n) is 2.41. The average Bonchev–Trinajstić information content (AvgIpc) is 2.53. The van der Waals surface area contributed by atoms with Crippen LogP contribution in [0.15, 0.2) is 5.38 Å². The molecule has 0 fully saturated rings. The van der Waals surface area contributed by atoms with Crippen LogP contribution in [0, 0.1) is 0 Å². The number of carboxylic acids is 1. The van der Waals surface area contributed by atoms with Crippen LogP contribution in [0.25, 0.3) is 0 Å². The van der Waals surface area contributed by atoms with Crippen molar-refractivity contribution in [3.05, 3.63) is 16.1 Å². The number of ether oxygens (including phenoxy) is 1. The Morgan fingerprint density at radius 2 is 2.36 bits per heavy atom. The molecule has 76 valence electrons. The molecule has 0 aliphatic heterocycles. The number of carboxylic acid groups (broad SMARTS) is 1. The molecule has 0 aliphatic rings. The standard InChI is InChI=1S/C8H9NO4S/c1-2-13-6(10)3-5-4-14-7(9-5)8(11)12/h4H,2-3H2,1H3,(H,11,12)/p-1. The first kappa shape index (κ1) is 10.6. The molecule has 1 aromatic heterocycles. The summed E-state index contributed by atoms with van der Waals surface area (Å²) >= 11 is 0.937. The predicted molar refractivity (Wildman–Crippen MR) is 46.8 cm³/mol. The van der Waals surface area contributed by atoms with E-state index in [0.29, 0.717) is 12.3 Å². The number of carbonyl (C=O) groups is 2. The lowest BCUT2D eigenvalue weighted by molar-refractivity contribution is -0.255. The van der Waals surface area contributed by atoms with Crippen LogP contribution < -0.4 is 5.11 Å². The molecule has 0 aliphatic carbocycles. The Hall–Kier alpha value is -1.43. The zero-order chi connectivity index (χ0) is 10.6. The fourth-order valence-corrected chi connectivity index (χ4v) is 1.49. The number of esters is 1. The lowest BCUT2D eigenvalue weighted by atomic mass is 10.3. The Morgan fingerprint density at radius 3 is 2.86 bits per heavy atom. The zero-order valence-corrected chi connectivity index (χ0v) is 8.30. The summed E-state index contributed by atoms with van der Waals surface area (Å²) in [6.07, 6.45) is -0.00236. The van der Waals surface area contributed by atoms with Gasteiger partial charge < -0.3 is 14.6 Å². The molecule has 1 aromatic rings. The first-order valence-corrected chi connectivity index (χ1v) is 4.82. The van der Waals surface area contributed by atoms with Gasteiger partial charge in [-0.05, 0) is 6.92 Å². The van der Waals surface area contributed by atoms with Gasteiger partial charge in [-0.3, -0.25) is 4.79 Å². The zero-order valence-electron chi connectivity index (χ0n) is 7.48. The lowest BCUT2D eigenvalue weighted by Crippen LogP contribution is -2.22. The summed E-state index contributed by atoms with van der Waals surface area (Å²) in [5.41, 5.74) is 0.396. The summed E-state index contributed by atoms with van der Waals surface area (Å²) in [4.78, 5) is 25.0. The van der Waals surface area contributed by atoms with E-state index < -0.39 is 11.9 Å². The van der Waals surface area contributed by atoms with Crippen molar-refractivity contribution in [2.24, 2.45) is 0 Å². The van der Waals surface area contributed by atoms with E-state index in [0.717, 1.165) is 11.3 Å². The van der Waals surface area contributed by atoms with Crippen LogP contribution in [0.2, 0.25) is 0 Å². The lowest BCUT2D eigenvalue weighted by Gasteiger charge is -1.98. The van der Waals surface area contributed by atoms with Crippen LogP contribution in [0.3, 0.4) is 0 Å². The van der Waals surface area contributed by atoms with Gasteiger partial charge in [-0.25, -0.2) is 4.98 Å². The molecule has 0 saturated heterocycles. The van der Waals surface area contributed by atoms with Gasteiger partial charge in [0, 0.05) is 5.38 Å². The SMILES string of the molecule is CCOC(=O)Cc1csc(C(=O)[O-])n1. The van der Waals surface area contributed by atoms with E-state index in [1.54, 1.807) is 6.92 Å². The topological polar surface area (TPSA) is 79.3 Å². The summed E-state index contributed by atoms with van der Waals surface area (Å²) in [5, 5.41) is 11.7. The third-order valence-electron chi connectivity index (χ3n) is 1.36. The van der Waals surface area contributed by atoms with Crippen LogP contribution >= 0.6 is 11.3 Å². The Labute approximate surface area is 84.3 Å². The van der Waals surface area contributed by atoms with Crippen LogP contribution in [-0.2, 0) is 16.0 Å². The quantitative estimate of drug-likeness (QED) is 0.638. The highest BCUT2D eigenvalue weighted by Gasteiger charge is 2.08. The highest BCUT2D eigenvalue weighted by atomic mass is 32.1. The van der Waals surface area contributed by atoms with Gasteiger partial charge in [0.1, 0.15) is 11.0 Å². The Balaban J connectivity index is 2.59. The van der Waals surface area contributed by atoms with Crippen molar-refractivity contribution in [1.82, 2.24) is 4.98 Å². The fourth-order valence-electron chi connectivity index (χ4n) is 0.842. The van der Waals surface area contributed by atoms with E-state index in [1.165, 1.54) is 5.38 Å². The van der Waals surface area contributed by atoms with Gasteiger partial charge in [0.2, 0.25) is 0 Å². The first-order valence-electron chi connectivity index (χ1n) is 3.95. The van der Waals surface area contributed by atoms with Gasteiger partial charge in [-0.15, -0.1) is 11.3 Å². The molecule has 0 unspecified atom stereocenters. The third kappa shape index (κ3) is 2.81. The fraction of sp³-hybridized carbons (Fsp3) is 0.375. The van der Waals surface area contributed by atoms with Crippen molar-refractivity contribution in [3.8, 4) is 0 Å². The molecule has 14 heavy (non-hydrogen) atoms. The molecule has 0 bridgehead atoms. The van der Waals surface area contributed by atoms with Gasteiger partial charge in [0.25, 0.3) is 0 Å². The molecule has 1 heterocycles. The van der Waals surface area contributed by atoms with Crippen LogP contribution in [0.4, 0.5) is 0 Å². The minimum Gasteiger partial charge on any atom is -0.542 e. The van der Waals surface area contributed by atoms with Gasteiger partial charge >= 0.3 is 5.97 Å². The highest BCUT2D eigenvalue weighted by molar-refractivity contribution is 7.11. The molecule has 0 aromatic carbocycles. The number of hydrogen-bond donors (Lipinski definition) is 0. The summed E-state index contributed by atoms with van der Waals surface area (Å²) < 4.78 is 4.68. The van der Waals surface area contributed by atoms with Crippen molar-refractivity contribution < 1.29 is 19.4 Å². The molecular formula is C8H8NO4S-. The minimum absolute atomic E-state index is 0.00236. The molecule has 6 heteroatoms. The van der Waals surface area contributed by atoms with E-state index in [-0.39, 0.29) is 11.4 Å². The van der Waals surface area contributed by atoms with Crippen molar-refractivity contribution in [3.63, 3.8) is 0 Å². The van der Waals surface area contributed by atoms with Gasteiger partial charge in [-0.2, -0.15) is 0 Å². The molecule has 1 rings (SSSR count). The highest BCUT2D eigenvalue weighted by Crippen LogP contribution is 2.09. The van der Waals surface area contributed by atoms with Crippen molar-refractivity contribution >= 4 is 23.3 Å². The Bertz CT molecular complexity index is 347. The number of rotatable bonds is 4. The molecule has 0 N–H and O–H groups in total. The van der Waals surface area contributed by atoms with E-state index >= 15 is 0 Å². The Morgan fingerprint density at radius 1 is 1.64 bits per heavy atom. The van der Waals surface area contributed by atoms with E-state index in [1.807, 2.05) is 0 Å². The van der Waals surface area contributed by atoms with Crippen LogP contribution in [0.1, 0.15) is 22.4 Å². The van der Waals surface area contributed by atoms with Gasteiger partial charge in [0.15, 0.2) is 0 Å². The molecule has 0 amide bonds. The van der Waals surface area contributed by atoms with Crippen molar-refractivity contribution in [1.29, 1.82) is 0 Å². The van der Waals surface area contributed by atoms with E-state index in [9.17, 15) is 14.7 Å². The maximum atomic E-state index is 11.0. The first-order chi connectivity index (χ1) is 6.63. The van der Waals surface area contributed by atoms with Crippen molar-refractivity contribution in [2.45, 2.75) is 13.3 Å². The summed E-state index contributed by atoms with van der Waals surface area (Å²) in [6, 6.07) is 0. The van der Waals surface area contributed by atoms with Crippen LogP contribution in [-0.4, -0.2) is 23.5 Å². The van der Waals surface area contributed by atoms with Crippen LogP contribution in [0.5, 0.6) is 0 Å². The molecular weight excluding hydrogens is 206 g/mol. The molecule has 0 radical (unpaired) electrons. The van der Waals surface area contributed by atoms with Gasteiger partial charge in [-0.1, -0.05) is 0 Å². The number of nitrogens with zero attached hydrogens (tertiary/aromatic N) is 1. The third-order valence-corrected chi connectivity index (χ3v) is 2.23. The normalized spacial score (nSPS) is 9.79. The molecule has 0 spiro atoms. The smallest absolute Gasteiger partial charge is 0.311 e. The molecule has 0 atom stereocenters. The number of aromatic carboxylic acids is 1. The average molecular weight is 214 g/mol. The largest absolute Gasteiger partial charge is 0.542 e. The molecule has 0 saturated carbocycles. The number of aromatic nitrogens is 1. The second kappa shape index (κ2) is 4.71. The molecule has 5 nitrogen and oxygen atoms in total. The maximum absolute atomic E-state index is 11.0. The monoisotopic (exact) mass is 214 g/mol. The summed E-state index contributed by atoms with van der Waals surface area (Å²) in [6.45, 7) is 2.00. The number of thiazole rings is 1.